The maximum Gasteiger partial charge on any atom is 0.306 e. The van der Waals surface area contributed by atoms with Crippen LogP contribution in [0.1, 0.15) is 67.2 Å². The van der Waals surface area contributed by atoms with Gasteiger partial charge in [0.15, 0.2) is 5.79 Å². The van der Waals surface area contributed by atoms with Gasteiger partial charge < -0.3 is 18.9 Å². The lowest BCUT2D eigenvalue weighted by Crippen LogP contribution is -2.50. The zero-order valence-corrected chi connectivity index (χ0v) is 18.6. The first-order chi connectivity index (χ1) is 13.0. The molecule has 0 amide bonds. The number of rotatable bonds is 7. The average molecular weight is 399 g/mol. The molecule has 7 heteroatoms. The second-order valence-electron chi connectivity index (χ2n) is 9.19. The Bertz CT molecular complexity index is 555. The van der Waals surface area contributed by atoms with Crippen LogP contribution in [0.5, 0.6) is 0 Å². The Morgan fingerprint density at radius 3 is 2.71 bits per heavy atom. The number of carbonyl (C=O) groups is 1. The van der Waals surface area contributed by atoms with Crippen molar-refractivity contribution in [3.63, 3.8) is 0 Å². The fourth-order valence-corrected chi connectivity index (χ4v) is 3.73. The SMILES string of the molecule is CC[C@@H](CC(=O)OC(C)(C)C)[C@@H]1OC(C)(C)OC/C1=N\N1CCC[C@H]1COC. The smallest absolute Gasteiger partial charge is 0.306 e. The van der Waals surface area contributed by atoms with Crippen molar-refractivity contribution in [3.05, 3.63) is 0 Å². The zero-order valence-electron chi connectivity index (χ0n) is 18.6. The van der Waals surface area contributed by atoms with Gasteiger partial charge in [-0.15, -0.1) is 0 Å². The van der Waals surface area contributed by atoms with Crippen LogP contribution < -0.4 is 0 Å². The van der Waals surface area contributed by atoms with Gasteiger partial charge in [0.05, 0.1) is 31.4 Å². The number of methoxy groups -OCH3 is 1. The van der Waals surface area contributed by atoms with Crippen molar-refractivity contribution in [1.29, 1.82) is 0 Å². The van der Waals surface area contributed by atoms with Crippen LogP contribution in [0.3, 0.4) is 0 Å². The molecule has 0 aromatic rings. The highest BCUT2D eigenvalue weighted by Gasteiger charge is 2.40. The summed E-state index contributed by atoms with van der Waals surface area (Å²) in [4.78, 5) is 12.4. The number of hydrogen-bond acceptors (Lipinski definition) is 7. The van der Waals surface area contributed by atoms with Crippen LogP contribution in [0.25, 0.3) is 0 Å². The summed E-state index contributed by atoms with van der Waals surface area (Å²) in [5.41, 5.74) is 0.350. The Morgan fingerprint density at radius 1 is 1.39 bits per heavy atom. The molecule has 0 aromatic heterocycles. The van der Waals surface area contributed by atoms with Gasteiger partial charge in [0.2, 0.25) is 0 Å². The molecule has 0 aliphatic carbocycles. The molecule has 28 heavy (non-hydrogen) atoms. The molecule has 0 spiro atoms. The molecule has 2 saturated heterocycles. The predicted molar refractivity (Wildman–Crippen MR) is 108 cm³/mol. The summed E-state index contributed by atoms with van der Waals surface area (Å²) in [5.74, 6) is -0.924. The second-order valence-corrected chi connectivity index (χ2v) is 9.19. The van der Waals surface area contributed by atoms with Crippen molar-refractivity contribution in [1.82, 2.24) is 5.01 Å². The second kappa shape index (κ2) is 9.55. The van der Waals surface area contributed by atoms with Crippen LogP contribution in [0.15, 0.2) is 5.10 Å². The van der Waals surface area contributed by atoms with Gasteiger partial charge in [0.1, 0.15) is 11.7 Å². The third-order valence-corrected chi connectivity index (χ3v) is 5.07. The summed E-state index contributed by atoms with van der Waals surface area (Å²) in [5, 5.41) is 6.99. The molecular formula is C21H38N2O5. The van der Waals surface area contributed by atoms with E-state index in [1.165, 1.54) is 0 Å². The van der Waals surface area contributed by atoms with E-state index in [0.717, 1.165) is 31.5 Å². The van der Waals surface area contributed by atoms with E-state index in [0.29, 0.717) is 19.6 Å². The minimum absolute atomic E-state index is 0.0137. The minimum Gasteiger partial charge on any atom is -0.460 e. The van der Waals surface area contributed by atoms with Crippen molar-refractivity contribution < 1.29 is 23.7 Å². The molecule has 7 nitrogen and oxygen atoms in total. The van der Waals surface area contributed by atoms with Gasteiger partial charge in [-0.1, -0.05) is 6.92 Å². The Hall–Kier alpha value is -1.18. The summed E-state index contributed by atoms with van der Waals surface area (Å²) < 4.78 is 23.0. The van der Waals surface area contributed by atoms with Gasteiger partial charge in [-0.2, -0.15) is 5.10 Å². The molecule has 0 bridgehead atoms. The maximum atomic E-state index is 12.4. The Kier molecular flexibility index (Phi) is 7.88. The third kappa shape index (κ3) is 6.71. The fraction of sp³-hybridized carbons (Fsp3) is 0.905. The Balaban J connectivity index is 2.18. The first-order valence-corrected chi connectivity index (χ1v) is 10.4. The van der Waals surface area contributed by atoms with Gasteiger partial charge in [-0.3, -0.25) is 9.80 Å². The zero-order chi connectivity index (χ0) is 20.9. The molecule has 0 saturated carbocycles. The van der Waals surface area contributed by atoms with Crippen molar-refractivity contribution in [2.75, 3.05) is 26.9 Å². The number of ether oxygens (including phenoxy) is 4. The Labute approximate surface area is 169 Å². The van der Waals surface area contributed by atoms with E-state index in [4.69, 9.17) is 24.0 Å². The molecule has 2 heterocycles. The first kappa shape index (κ1) is 23.1. The van der Waals surface area contributed by atoms with Crippen LogP contribution in [0.4, 0.5) is 0 Å². The topological polar surface area (TPSA) is 69.6 Å². The first-order valence-electron chi connectivity index (χ1n) is 10.4. The van der Waals surface area contributed by atoms with E-state index >= 15 is 0 Å². The predicted octanol–water partition coefficient (Wildman–Crippen LogP) is 3.36. The average Bonchev–Trinajstić information content (AvgIpc) is 3.00. The summed E-state index contributed by atoms with van der Waals surface area (Å²) in [6, 6.07) is 0.277. The molecule has 2 aliphatic heterocycles. The number of hydrazone groups is 1. The van der Waals surface area contributed by atoms with E-state index in [2.05, 4.69) is 11.9 Å². The molecule has 3 atom stereocenters. The largest absolute Gasteiger partial charge is 0.460 e. The van der Waals surface area contributed by atoms with Gasteiger partial charge in [-0.05, 0) is 53.9 Å². The van der Waals surface area contributed by atoms with Crippen LogP contribution in [0, 0.1) is 5.92 Å². The summed E-state index contributed by atoms with van der Waals surface area (Å²) >= 11 is 0. The lowest BCUT2D eigenvalue weighted by atomic mass is 9.91. The van der Waals surface area contributed by atoms with Crippen LogP contribution in [-0.2, 0) is 23.7 Å². The summed E-state index contributed by atoms with van der Waals surface area (Å²) in [6.45, 7) is 13.5. The third-order valence-electron chi connectivity index (χ3n) is 5.07. The van der Waals surface area contributed by atoms with Gasteiger partial charge in [0.25, 0.3) is 0 Å². The highest BCUT2D eigenvalue weighted by Crippen LogP contribution is 2.30. The summed E-state index contributed by atoms with van der Waals surface area (Å²) in [7, 11) is 1.72. The van der Waals surface area contributed by atoms with Crippen LogP contribution in [0.2, 0.25) is 0 Å². The number of hydrogen-bond donors (Lipinski definition) is 0. The molecular weight excluding hydrogens is 360 g/mol. The lowest BCUT2D eigenvalue weighted by Gasteiger charge is -2.40. The molecule has 2 aliphatic rings. The molecule has 0 N–H and O–H groups in total. The maximum absolute atomic E-state index is 12.4. The fourth-order valence-electron chi connectivity index (χ4n) is 3.73. The normalized spacial score (nSPS) is 27.8. The molecule has 2 rings (SSSR count). The highest BCUT2D eigenvalue weighted by molar-refractivity contribution is 5.91. The van der Waals surface area contributed by atoms with E-state index in [1.54, 1.807) is 7.11 Å². The van der Waals surface area contributed by atoms with Crippen molar-refractivity contribution in [3.8, 4) is 0 Å². The summed E-state index contributed by atoms with van der Waals surface area (Å²) in [6.07, 6.45) is 2.98. The minimum atomic E-state index is -0.706. The highest BCUT2D eigenvalue weighted by atomic mass is 16.7. The number of nitrogens with zero attached hydrogens (tertiary/aromatic N) is 2. The number of carbonyl (C=O) groups excluding carboxylic acids is 1. The van der Waals surface area contributed by atoms with E-state index < -0.39 is 11.4 Å². The number of esters is 1. The van der Waals surface area contributed by atoms with Gasteiger partial charge in [0, 0.05) is 19.6 Å². The molecule has 0 radical (unpaired) electrons. The van der Waals surface area contributed by atoms with Crippen molar-refractivity contribution in [2.24, 2.45) is 11.0 Å². The quantitative estimate of drug-likeness (QED) is 0.613. The van der Waals surface area contributed by atoms with Gasteiger partial charge in [-0.25, -0.2) is 0 Å². The van der Waals surface area contributed by atoms with Crippen molar-refractivity contribution in [2.45, 2.75) is 90.8 Å². The van der Waals surface area contributed by atoms with Gasteiger partial charge >= 0.3 is 5.97 Å². The lowest BCUT2D eigenvalue weighted by molar-refractivity contribution is -0.244. The van der Waals surface area contributed by atoms with E-state index in [-0.39, 0.29) is 24.0 Å². The monoisotopic (exact) mass is 398 g/mol. The molecule has 0 unspecified atom stereocenters. The van der Waals surface area contributed by atoms with E-state index in [1.807, 2.05) is 34.6 Å². The molecule has 0 aromatic carbocycles. The van der Waals surface area contributed by atoms with Crippen LogP contribution in [-0.4, -0.2) is 67.1 Å². The molecule has 162 valence electrons. The Morgan fingerprint density at radius 2 is 2.11 bits per heavy atom. The van der Waals surface area contributed by atoms with Crippen LogP contribution >= 0.6 is 0 Å². The van der Waals surface area contributed by atoms with E-state index in [9.17, 15) is 4.79 Å². The molecule has 2 fully saturated rings. The van der Waals surface area contributed by atoms with Crippen molar-refractivity contribution >= 4 is 11.7 Å². The standard InChI is InChI=1S/C21H38N2O5/c1-8-15(12-18(24)27-20(2,3)4)19-17(14-26-21(5,6)28-19)22-23-11-9-10-16(23)13-25-7/h15-16,19H,8-14H2,1-7H3/b22-17+/t15-,16-,19-/m0/s1.